The Balaban J connectivity index is 2.01. The van der Waals surface area contributed by atoms with Crippen molar-refractivity contribution < 1.29 is 4.74 Å². The van der Waals surface area contributed by atoms with Gasteiger partial charge in [0.05, 0.1) is 22.6 Å². The lowest BCUT2D eigenvalue weighted by Gasteiger charge is -2.25. The summed E-state index contributed by atoms with van der Waals surface area (Å²) in [7, 11) is 1.64. The molecule has 0 bridgehead atoms. The van der Waals surface area contributed by atoms with E-state index in [0.29, 0.717) is 17.7 Å². The van der Waals surface area contributed by atoms with Crippen LogP contribution in [0.2, 0.25) is 0 Å². The molecule has 8 heteroatoms. The number of nitrogens with two attached hydrogens (primary N) is 1. The number of fused-ring (bicyclic) bond motifs is 3. The lowest BCUT2D eigenvalue weighted by Crippen LogP contribution is -2.31. The number of ether oxygens (including phenoxy) is 1. The molecule has 24 heavy (non-hydrogen) atoms. The Hall–Kier alpha value is -2.06. The molecule has 1 aliphatic heterocycles. The van der Waals surface area contributed by atoms with Gasteiger partial charge in [-0.2, -0.15) is 0 Å². The van der Waals surface area contributed by atoms with Crippen molar-refractivity contribution in [2.75, 3.05) is 12.4 Å². The van der Waals surface area contributed by atoms with E-state index in [9.17, 15) is 0 Å². The first kappa shape index (κ1) is 15.5. The molecule has 0 spiro atoms. The molecule has 4 rings (SSSR count). The van der Waals surface area contributed by atoms with Gasteiger partial charge in [-0.25, -0.2) is 9.98 Å². The van der Waals surface area contributed by atoms with E-state index in [4.69, 9.17) is 10.5 Å². The molecule has 0 saturated heterocycles. The average molecular weight is 451 g/mol. The fourth-order valence-electron chi connectivity index (χ4n) is 2.91. The Kier molecular flexibility index (Phi) is 3.73. The lowest BCUT2D eigenvalue weighted by molar-refractivity contribution is 0.400. The van der Waals surface area contributed by atoms with E-state index < -0.39 is 0 Å². The number of halogens is 2. The third kappa shape index (κ3) is 2.37. The first-order chi connectivity index (χ1) is 11.6. The van der Waals surface area contributed by atoms with Gasteiger partial charge in [0.15, 0.2) is 12.1 Å². The van der Waals surface area contributed by atoms with Crippen LogP contribution in [0, 0.1) is 0 Å². The number of methoxy groups -OCH3 is 1. The normalized spacial score (nSPS) is 16.5. The quantitative estimate of drug-likeness (QED) is 0.621. The number of nitrogens with zero attached hydrogens (tertiary/aromatic N) is 3. The summed E-state index contributed by atoms with van der Waals surface area (Å²) in [6, 6.07) is 11.8. The van der Waals surface area contributed by atoms with Crippen LogP contribution in [-0.2, 0) is 0 Å². The van der Waals surface area contributed by atoms with Crippen molar-refractivity contribution in [1.82, 2.24) is 9.55 Å². The number of aromatic nitrogens is 2. The highest BCUT2D eigenvalue weighted by Gasteiger charge is 2.28. The van der Waals surface area contributed by atoms with Crippen LogP contribution >= 0.6 is 31.9 Å². The number of imidazole rings is 1. The van der Waals surface area contributed by atoms with E-state index in [-0.39, 0.29) is 6.17 Å². The molecule has 0 fully saturated rings. The van der Waals surface area contributed by atoms with Crippen molar-refractivity contribution in [1.29, 1.82) is 0 Å². The second-order valence-electron chi connectivity index (χ2n) is 5.32. The van der Waals surface area contributed by atoms with Crippen molar-refractivity contribution in [3.8, 4) is 5.75 Å². The number of aliphatic imine (C=N–C) groups is 1. The van der Waals surface area contributed by atoms with Crippen LogP contribution in [0.4, 0.5) is 5.95 Å². The Morgan fingerprint density at radius 3 is 2.83 bits per heavy atom. The van der Waals surface area contributed by atoms with E-state index >= 15 is 0 Å². The molecule has 3 N–H and O–H groups in total. The highest BCUT2D eigenvalue weighted by Crippen LogP contribution is 2.41. The Morgan fingerprint density at radius 1 is 1.25 bits per heavy atom. The molecule has 0 saturated carbocycles. The molecule has 0 radical (unpaired) electrons. The van der Waals surface area contributed by atoms with Gasteiger partial charge in [0.2, 0.25) is 5.95 Å². The molecule has 1 aromatic heterocycles. The highest BCUT2D eigenvalue weighted by molar-refractivity contribution is 9.11. The molecular weight excluding hydrogens is 438 g/mol. The zero-order chi connectivity index (χ0) is 16.8. The number of hydrogen-bond acceptors (Lipinski definition) is 5. The maximum atomic E-state index is 5.99. The second kappa shape index (κ2) is 5.78. The minimum Gasteiger partial charge on any atom is -0.495 e. The van der Waals surface area contributed by atoms with Crippen molar-refractivity contribution in [2.24, 2.45) is 10.7 Å². The van der Waals surface area contributed by atoms with Crippen molar-refractivity contribution in [3.05, 3.63) is 50.9 Å². The van der Waals surface area contributed by atoms with E-state index in [2.05, 4.69) is 47.2 Å². The van der Waals surface area contributed by atoms with Gasteiger partial charge in [0.25, 0.3) is 0 Å². The molecule has 0 aliphatic carbocycles. The zero-order valence-electron chi connectivity index (χ0n) is 12.6. The molecule has 2 aromatic carbocycles. The molecule has 1 aliphatic rings. The summed E-state index contributed by atoms with van der Waals surface area (Å²) in [5, 5.41) is 3.03. The minimum absolute atomic E-state index is 0.320. The van der Waals surface area contributed by atoms with Gasteiger partial charge in [-0.05, 0) is 40.2 Å². The van der Waals surface area contributed by atoms with Crippen molar-refractivity contribution in [3.63, 3.8) is 0 Å². The Bertz CT molecular complexity index is 982. The molecule has 122 valence electrons. The predicted octanol–water partition coefficient (Wildman–Crippen LogP) is 3.86. The summed E-state index contributed by atoms with van der Waals surface area (Å²) in [5.41, 5.74) is 8.72. The van der Waals surface area contributed by atoms with Crippen LogP contribution in [0.1, 0.15) is 11.7 Å². The van der Waals surface area contributed by atoms with Crippen LogP contribution in [-0.4, -0.2) is 22.6 Å². The summed E-state index contributed by atoms with van der Waals surface area (Å²) < 4.78 is 9.37. The summed E-state index contributed by atoms with van der Waals surface area (Å²) in [4.78, 5) is 9.20. The topological polar surface area (TPSA) is 77.5 Å². The number of benzene rings is 2. The van der Waals surface area contributed by atoms with Gasteiger partial charge >= 0.3 is 0 Å². The molecule has 1 atom stereocenters. The third-order valence-electron chi connectivity index (χ3n) is 3.86. The number of para-hydroxylation sites is 2. The summed E-state index contributed by atoms with van der Waals surface area (Å²) in [5.74, 6) is 1.69. The first-order valence-corrected chi connectivity index (χ1v) is 8.77. The zero-order valence-corrected chi connectivity index (χ0v) is 15.8. The summed E-state index contributed by atoms with van der Waals surface area (Å²) in [6.45, 7) is 0. The van der Waals surface area contributed by atoms with Gasteiger partial charge in [0, 0.05) is 10.0 Å². The van der Waals surface area contributed by atoms with Crippen LogP contribution in [0.3, 0.4) is 0 Å². The molecule has 0 amide bonds. The highest BCUT2D eigenvalue weighted by atomic mass is 79.9. The Morgan fingerprint density at radius 2 is 2.04 bits per heavy atom. The molecule has 2 heterocycles. The average Bonchev–Trinajstić information content (AvgIpc) is 2.91. The van der Waals surface area contributed by atoms with Gasteiger partial charge in [-0.1, -0.05) is 28.1 Å². The van der Waals surface area contributed by atoms with Gasteiger partial charge < -0.3 is 10.5 Å². The maximum Gasteiger partial charge on any atom is 0.212 e. The largest absolute Gasteiger partial charge is 0.495 e. The smallest absolute Gasteiger partial charge is 0.212 e. The molecule has 6 nitrogen and oxygen atoms in total. The third-order valence-corrected chi connectivity index (χ3v) is 4.91. The fourth-order valence-corrected chi connectivity index (χ4v) is 4.33. The second-order valence-corrected chi connectivity index (χ2v) is 7.09. The van der Waals surface area contributed by atoms with Crippen LogP contribution in [0.25, 0.3) is 11.0 Å². The monoisotopic (exact) mass is 449 g/mol. The number of guanidine groups is 1. The number of nitrogens with one attached hydrogen (secondary N) is 1. The van der Waals surface area contributed by atoms with Gasteiger partial charge in [0.1, 0.15) is 5.75 Å². The summed E-state index contributed by atoms with van der Waals surface area (Å²) in [6.07, 6.45) is -0.377. The molecule has 1 unspecified atom stereocenters. The lowest BCUT2D eigenvalue weighted by atomic mass is 10.1. The van der Waals surface area contributed by atoms with Crippen molar-refractivity contribution in [2.45, 2.75) is 6.17 Å². The maximum absolute atomic E-state index is 5.99. The molecule has 3 aromatic rings. The van der Waals surface area contributed by atoms with Crippen molar-refractivity contribution >= 4 is 54.8 Å². The number of hydrogen-bond donors (Lipinski definition) is 2. The van der Waals surface area contributed by atoms with E-state index in [0.717, 1.165) is 25.5 Å². The number of rotatable bonds is 2. The fraction of sp³-hybridized carbons (Fsp3) is 0.125. The van der Waals surface area contributed by atoms with Gasteiger partial charge in [-0.3, -0.25) is 9.88 Å². The SMILES string of the molecule is COc1c(Br)cc(Br)cc1C1N=C(N)Nc2nc3ccccc3n21. The summed E-state index contributed by atoms with van der Waals surface area (Å²) >= 11 is 7.08. The predicted molar refractivity (Wildman–Crippen MR) is 102 cm³/mol. The van der Waals surface area contributed by atoms with Crippen LogP contribution in [0.15, 0.2) is 50.3 Å². The van der Waals surface area contributed by atoms with Crippen LogP contribution in [0.5, 0.6) is 5.75 Å². The van der Waals surface area contributed by atoms with Gasteiger partial charge in [-0.15, -0.1) is 0 Å². The minimum atomic E-state index is -0.377. The number of anilines is 1. The van der Waals surface area contributed by atoms with Crippen LogP contribution < -0.4 is 15.8 Å². The van der Waals surface area contributed by atoms with E-state index in [1.807, 2.05) is 41.0 Å². The standard InChI is InChI=1S/C16H13Br2N5O/c1-24-13-9(6-8(17)7-10(13)18)14-21-15(19)22-16-20-11-4-2-3-5-12(11)23(14)16/h2-7,14H,1H3,(H3,19,20,21,22). The van der Waals surface area contributed by atoms with E-state index in [1.54, 1.807) is 7.11 Å². The Labute approximate surface area is 155 Å². The first-order valence-electron chi connectivity index (χ1n) is 7.18. The van der Waals surface area contributed by atoms with E-state index in [1.165, 1.54) is 0 Å². The molecular formula is C16H13Br2N5O.